The van der Waals surface area contributed by atoms with Crippen LogP contribution in [0.15, 0.2) is 30.3 Å². The molecule has 0 bridgehead atoms. The molecule has 19 heavy (non-hydrogen) atoms. The van der Waals surface area contributed by atoms with Gasteiger partial charge < -0.3 is 9.74 Å². The minimum absolute atomic E-state index is 0.0284. The zero-order chi connectivity index (χ0) is 13.9. The van der Waals surface area contributed by atoms with Crippen LogP contribution >= 0.6 is 0 Å². The molecule has 3 nitrogen and oxygen atoms in total. The molecule has 1 fully saturated rings. The summed E-state index contributed by atoms with van der Waals surface area (Å²) in [6, 6.07) is 10.1. The van der Waals surface area contributed by atoms with E-state index < -0.39 is 13.7 Å². The molecule has 1 aromatic rings. The van der Waals surface area contributed by atoms with Crippen LogP contribution in [0.4, 0.5) is 0 Å². The van der Waals surface area contributed by atoms with Crippen molar-refractivity contribution in [3.05, 3.63) is 35.9 Å². The van der Waals surface area contributed by atoms with Gasteiger partial charge in [0.1, 0.15) is 0 Å². The summed E-state index contributed by atoms with van der Waals surface area (Å²) < 4.78 is 5.81. The van der Waals surface area contributed by atoms with E-state index in [2.05, 4.69) is 37.1 Å². The van der Waals surface area contributed by atoms with E-state index in [4.69, 9.17) is 4.43 Å². The number of carbonyl (C=O) groups excluding carboxylic acids is 1. The second kappa shape index (κ2) is 5.47. The number of hydrogen-bond donors (Lipinski definition) is 1. The molecule has 0 amide bonds. The molecule has 0 unspecified atom stereocenters. The number of piperidine rings is 1. The van der Waals surface area contributed by atoms with E-state index in [1.54, 1.807) is 0 Å². The quantitative estimate of drug-likeness (QED) is 0.863. The van der Waals surface area contributed by atoms with Gasteiger partial charge in [0.05, 0.1) is 5.41 Å². The van der Waals surface area contributed by atoms with Crippen molar-refractivity contribution >= 4 is 14.3 Å². The van der Waals surface area contributed by atoms with Crippen molar-refractivity contribution in [3.8, 4) is 0 Å². The molecule has 1 aromatic carbocycles. The molecule has 0 spiro atoms. The summed E-state index contributed by atoms with van der Waals surface area (Å²) in [6.07, 6.45) is 1.64. The molecule has 1 aliphatic heterocycles. The predicted octanol–water partition coefficient (Wildman–Crippen LogP) is 2.69. The third-order valence-corrected chi connectivity index (χ3v) is 4.37. The third-order valence-electron chi connectivity index (χ3n) is 3.57. The lowest BCUT2D eigenvalue weighted by Crippen LogP contribution is -2.49. The average Bonchev–Trinajstić information content (AvgIpc) is 2.38. The van der Waals surface area contributed by atoms with Crippen molar-refractivity contribution in [1.29, 1.82) is 0 Å². The van der Waals surface area contributed by atoms with E-state index in [9.17, 15) is 4.79 Å². The topological polar surface area (TPSA) is 38.3 Å². The van der Waals surface area contributed by atoms with Crippen LogP contribution < -0.4 is 5.32 Å². The van der Waals surface area contributed by atoms with Crippen LogP contribution in [-0.4, -0.2) is 27.4 Å². The Kier molecular flexibility index (Phi) is 4.11. The Balaban J connectivity index is 2.32. The van der Waals surface area contributed by atoms with Crippen molar-refractivity contribution < 1.29 is 9.22 Å². The Morgan fingerprint density at radius 3 is 2.26 bits per heavy atom. The van der Waals surface area contributed by atoms with E-state index >= 15 is 0 Å². The van der Waals surface area contributed by atoms with E-state index in [1.165, 1.54) is 0 Å². The first kappa shape index (κ1) is 14.3. The Labute approximate surface area is 116 Å². The summed E-state index contributed by atoms with van der Waals surface area (Å²) in [5.74, 6) is -0.0284. The molecule has 1 aliphatic rings. The van der Waals surface area contributed by atoms with Gasteiger partial charge in [0.25, 0.3) is 0 Å². The molecule has 4 heteroatoms. The molecule has 0 aliphatic carbocycles. The van der Waals surface area contributed by atoms with E-state index in [0.29, 0.717) is 0 Å². The average molecular weight is 277 g/mol. The zero-order valence-corrected chi connectivity index (χ0v) is 13.0. The molecule has 2 rings (SSSR count). The maximum absolute atomic E-state index is 12.7. The van der Waals surface area contributed by atoms with Crippen molar-refractivity contribution in [2.45, 2.75) is 37.9 Å². The lowest BCUT2D eigenvalue weighted by molar-refractivity contribution is -0.143. The van der Waals surface area contributed by atoms with Crippen LogP contribution in [-0.2, 0) is 14.6 Å². The summed E-state index contributed by atoms with van der Waals surface area (Å²) in [6.45, 7) is 7.92. The molecule has 1 N–H and O–H groups in total. The van der Waals surface area contributed by atoms with Crippen molar-refractivity contribution in [2.24, 2.45) is 0 Å². The van der Waals surface area contributed by atoms with E-state index in [-0.39, 0.29) is 5.97 Å². The van der Waals surface area contributed by atoms with Gasteiger partial charge in [0.2, 0.25) is 8.32 Å². The lowest BCUT2D eigenvalue weighted by atomic mass is 9.73. The number of hydrogen-bond acceptors (Lipinski definition) is 3. The Morgan fingerprint density at radius 1 is 1.16 bits per heavy atom. The first-order valence-electron chi connectivity index (χ1n) is 6.94. The smallest absolute Gasteiger partial charge is 0.303 e. The van der Waals surface area contributed by atoms with Crippen molar-refractivity contribution in [1.82, 2.24) is 5.32 Å². The van der Waals surface area contributed by atoms with Crippen molar-refractivity contribution in [3.63, 3.8) is 0 Å². The number of benzene rings is 1. The Hall–Kier alpha value is -1.13. The molecule has 0 aromatic heterocycles. The number of rotatable bonds is 3. The lowest BCUT2D eigenvalue weighted by Gasteiger charge is -2.37. The first-order chi connectivity index (χ1) is 8.94. The molecule has 0 atom stereocenters. The Morgan fingerprint density at radius 2 is 1.74 bits per heavy atom. The van der Waals surface area contributed by atoms with Gasteiger partial charge in [-0.1, -0.05) is 30.3 Å². The van der Waals surface area contributed by atoms with Crippen LogP contribution in [0.25, 0.3) is 0 Å². The summed E-state index contributed by atoms with van der Waals surface area (Å²) >= 11 is 0. The summed E-state index contributed by atoms with van der Waals surface area (Å²) in [4.78, 5) is 12.7. The highest BCUT2D eigenvalue weighted by atomic mass is 28.4. The fourth-order valence-electron chi connectivity index (χ4n) is 2.60. The van der Waals surface area contributed by atoms with Crippen LogP contribution in [0, 0.1) is 0 Å². The highest BCUT2D eigenvalue weighted by molar-refractivity contribution is 6.71. The highest BCUT2D eigenvalue weighted by Crippen LogP contribution is 2.35. The number of carbonyl (C=O) groups is 1. The maximum Gasteiger partial charge on any atom is 0.303 e. The van der Waals surface area contributed by atoms with Gasteiger partial charge in [0, 0.05) is 0 Å². The summed E-state index contributed by atoms with van der Waals surface area (Å²) in [5.41, 5.74) is 0.645. The molecule has 0 radical (unpaired) electrons. The first-order valence-corrected chi connectivity index (χ1v) is 10.3. The van der Waals surface area contributed by atoms with Gasteiger partial charge in [-0.15, -0.1) is 0 Å². The second-order valence-electron chi connectivity index (χ2n) is 6.20. The van der Waals surface area contributed by atoms with Crippen LogP contribution in [0.5, 0.6) is 0 Å². The highest BCUT2D eigenvalue weighted by Gasteiger charge is 2.43. The zero-order valence-electron chi connectivity index (χ0n) is 12.0. The fourth-order valence-corrected chi connectivity index (χ4v) is 3.35. The molecule has 0 saturated carbocycles. The fraction of sp³-hybridized carbons (Fsp3) is 0.533. The third kappa shape index (κ3) is 3.25. The molecule has 1 heterocycles. The SMILES string of the molecule is C[Si](C)(C)OC(=O)C1(c2ccccc2)CCNCC1. The van der Waals surface area contributed by atoms with Gasteiger partial charge in [-0.3, -0.25) is 4.79 Å². The minimum Gasteiger partial charge on any atom is -0.519 e. The van der Waals surface area contributed by atoms with Gasteiger partial charge in [-0.05, 0) is 51.1 Å². The van der Waals surface area contributed by atoms with Crippen LogP contribution in [0.1, 0.15) is 18.4 Å². The van der Waals surface area contributed by atoms with E-state index in [0.717, 1.165) is 31.5 Å². The van der Waals surface area contributed by atoms with Crippen LogP contribution in [0.3, 0.4) is 0 Å². The van der Waals surface area contributed by atoms with Gasteiger partial charge in [-0.2, -0.15) is 0 Å². The van der Waals surface area contributed by atoms with Gasteiger partial charge in [-0.25, -0.2) is 0 Å². The largest absolute Gasteiger partial charge is 0.519 e. The standard InChI is InChI=1S/C15H23NO2Si/c1-19(2,3)18-14(17)15(9-11-16-12-10-15)13-7-5-4-6-8-13/h4-8,16H,9-12H2,1-3H3. The molecule has 104 valence electrons. The van der Waals surface area contributed by atoms with Crippen LogP contribution in [0.2, 0.25) is 19.6 Å². The van der Waals surface area contributed by atoms with E-state index in [1.807, 2.05) is 18.2 Å². The monoisotopic (exact) mass is 277 g/mol. The van der Waals surface area contributed by atoms with Crippen molar-refractivity contribution in [2.75, 3.05) is 13.1 Å². The summed E-state index contributed by atoms with van der Waals surface area (Å²) in [7, 11) is -1.85. The van der Waals surface area contributed by atoms with Gasteiger partial charge >= 0.3 is 5.97 Å². The number of nitrogens with one attached hydrogen (secondary N) is 1. The normalized spacial score (nSPS) is 18.9. The molecular weight excluding hydrogens is 254 g/mol. The minimum atomic E-state index is -1.85. The molecule has 1 saturated heterocycles. The Bertz CT molecular complexity index is 433. The molecular formula is C15H23NO2Si. The van der Waals surface area contributed by atoms with Gasteiger partial charge in [0.15, 0.2) is 0 Å². The maximum atomic E-state index is 12.7. The second-order valence-corrected chi connectivity index (χ2v) is 10.6. The predicted molar refractivity (Wildman–Crippen MR) is 79.7 cm³/mol. The summed E-state index contributed by atoms with van der Waals surface area (Å²) in [5, 5.41) is 3.33.